The molecule has 1 fully saturated rings. The van der Waals surface area contributed by atoms with E-state index in [-0.39, 0.29) is 0 Å². The molecule has 0 saturated carbocycles. The molecule has 0 N–H and O–H groups in total. The molecule has 8 heavy (non-hydrogen) atoms. The molecule has 2 heteroatoms. The predicted molar refractivity (Wildman–Crippen MR) is 39.2 cm³/mol. The maximum atomic E-state index is 4.26. The number of hydrogen-bond acceptors (Lipinski definition) is 2. The summed E-state index contributed by atoms with van der Waals surface area (Å²) in [6.45, 7) is 4.27. The highest BCUT2D eigenvalue weighted by molar-refractivity contribution is 7.81. The van der Waals surface area contributed by atoms with Gasteiger partial charge in [0, 0.05) is 18.3 Å². The van der Waals surface area contributed by atoms with Crippen LogP contribution in [0.4, 0.5) is 0 Å². The van der Waals surface area contributed by atoms with Crippen LogP contribution in [0.5, 0.6) is 0 Å². The molecule has 1 heterocycles. The van der Waals surface area contributed by atoms with Crippen LogP contribution in [-0.2, 0) is 0 Å². The van der Waals surface area contributed by atoms with E-state index in [2.05, 4.69) is 29.8 Å². The smallest absolute Gasteiger partial charge is 0.0367 e. The van der Waals surface area contributed by atoms with Gasteiger partial charge in [0.05, 0.1) is 0 Å². The molecule has 1 rings (SSSR count). The molecular formula is C6H11NS. The topological polar surface area (TPSA) is 3.24 Å². The maximum Gasteiger partial charge on any atom is 0.0367 e. The van der Waals surface area contributed by atoms with Gasteiger partial charge in [-0.25, -0.2) is 0 Å². The lowest BCUT2D eigenvalue weighted by Gasteiger charge is -2.35. The Labute approximate surface area is 55.8 Å². The lowest BCUT2D eigenvalue weighted by atomic mass is 10.2. The van der Waals surface area contributed by atoms with Gasteiger partial charge in [-0.15, -0.1) is 0 Å². The maximum absolute atomic E-state index is 4.26. The van der Waals surface area contributed by atoms with Gasteiger partial charge in [-0.2, -0.15) is 12.6 Å². The van der Waals surface area contributed by atoms with E-state index in [9.17, 15) is 0 Å². The van der Waals surface area contributed by atoms with Gasteiger partial charge in [0.25, 0.3) is 0 Å². The highest BCUT2D eigenvalue weighted by atomic mass is 32.1. The van der Waals surface area contributed by atoms with Gasteiger partial charge >= 0.3 is 0 Å². The molecule has 1 aliphatic rings. The van der Waals surface area contributed by atoms with E-state index >= 15 is 0 Å². The van der Waals surface area contributed by atoms with Crippen molar-refractivity contribution >= 4 is 12.6 Å². The van der Waals surface area contributed by atoms with Crippen LogP contribution >= 0.6 is 12.6 Å². The van der Waals surface area contributed by atoms with Crippen LogP contribution in [0.1, 0.15) is 6.92 Å². The Bertz CT molecular complexity index is 94.7. The summed E-state index contributed by atoms with van der Waals surface area (Å²) in [5, 5.41) is 0.617. The summed E-state index contributed by atoms with van der Waals surface area (Å²) < 4.78 is 0. The normalized spacial score (nSPS) is 22.0. The van der Waals surface area contributed by atoms with Crippen LogP contribution in [0.15, 0.2) is 12.3 Å². The fraction of sp³-hybridized carbons (Fsp3) is 0.667. The van der Waals surface area contributed by atoms with Gasteiger partial charge in [0.2, 0.25) is 0 Å². The lowest BCUT2D eigenvalue weighted by Crippen LogP contribution is -2.43. The molecular weight excluding hydrogens is 118 g/mol. The number of thiol groups is 1. The summed E-state index contributed by atoms with van der Waals surface area (Å²) in [6.07, 6.45) is 4.16. The van der Waals surface area contributed by atoms with Gasteiger partial charge < -0.3 is 4.90 Å². The largest absolute Gasteiger partial charge is 0.375 e. The Morgan fingerprint density at radius 1 is 1.62 bits per heavy atom. The Morgan fingerprint density at radius 2 is 2.25 bits per heavy atom. The minimum absolute atomic E-state index is 0.617. The molecule has 0 spiro atoms. The second kappa shape index (κ2) is 2.44. The summed E-state index contributed by atoms with van der Waals surface area (Å²) in [7, 11) is 0. The van der Waals surface area contributed by atoms with E-state index in [0.717, 1.165) is 13.1 Å². The quantitative estimate of drug-likeness (QED) is 0.519. The summed E-state index contributed by atoms with van der Waals surface area (Å²) in [4.78, 5) is 2.25. The van der Waals surface area contributed by atoms with Crippen molar-refractivity contribution in [2.75, 3.05) is 13.1 Å². The van der Waals surface area contributed by atoms with E-state index in [4.69, 9.17) is 0 Å². The van der Waals surface area contributed by atoms with Crippen LogP contribution in [0, 0.1) is 0 Å². The number of rotatable bonds is 1. The van der Waals surface area contributed by atoms with Crippen molar-refractivity contribution in [1.82, 2.24) is 4.90 Å². The SMILES string of the molecule is CC=CN1CC(S)C1. The van der Waals surface area contributed by atoms with Crippen molar-refractivity contribution in [3.8, 4) is 0 Å². The van der Waals surface area contributed by atoms with Crippen LogP contribution in [0.3, 0.4) is 0 Å². The van der Waals surface area contributed by atoms with Crippen molar-refractivity contribution in [2.45, 2.75) is 12.2 Å². The van der Waals surface area contributed by atoms with Gasteiger partial charge in [0.1, 0.15) is 0 Å². The van der Waals surface area contributed by atoms with Gasteiger partial charge in [0.15, 0.2) is 0 Å². The standard InChI is InChI=1S/C6H11NS/c1-2-3-7-4-6(8)5-7/h2-3,6,8H,4-5H2,1H3. The zero-order valence-corrected chi connectivity index (χ0v) is 5.94. The third-order valence-electron chi connectivity index (χ3n) is 1.25. The molecule has 0 unspecified atom stereocenters. The summed E-state index contributed by atoms with van der Waals surface area (Å²) in [5.74, 6) is 0. The zero-order valence-electron chi connectivity index (χ0n) is 5.04. The molecule has 0 atom stereocenters. The molecule has 1 saturated heterocycles. The molecule has 0 bridgehead atoms. The fourth-order valence-corrected chi connectivity index (χ4v) is 1.24. The second-order valence-corrected chi connectivity index (χ2v) is 2.82. The molecule has 0 amide bonds. The number of hydrogen-bond donors (Lipinski definition) is 1. The number of nitrogens with zero attached hydrogens (tertiary/aromatic N) is 1. The highest BCUT2D eigenvalue weighted by Crippen LogP contribution is 2.12. The number of allylic oxidation sites excluding steroid dienone is 1. The van der Waals surface area contributed by atoms with E-state index in [0.29, 0.717) is 5.25 Å². The average molecular weight is 129 g/mol. The highest BCUT2D eigenvalue weighted by Gasteiger charge is 2.18. The van der Waals surface area contributed by atoms with Crippen LogP contribution < -0.4 is 0 Å². The molecule has 46 valence electrons. The van der Waals surface area contributed by atoms with Crippen molar-refractivity contribution in [2.24, 2.45) is 0 Å². The molecule has 0 aromatic heterocycles. The van der Waals surface area contributed by atoms with Crippen molar-refractivity contribution in [3.05, 3.63) is 12.3 Å². The Morgan fingerprint density at radius 3 is 2.62 bits per heavy atom. The first kappa shape index (κ1) is 6.02. The molecule has 0 aliphatic carbocycles. The molecule has 1 nitrogen and oxygen atoms in total. The second-order valence-electron chi connectivity index (χ2n) is 2.09. The minimum Gasteiger partial charge on any atom is -0.375 e. The molecule has 0 radical (unpaired) electrons. The van der Waals surface area contributed by atoms with Gasteiger partial charge in [-0.1, -0.05) is 6.08 Å². The van der Waals surface area contributed by atoms with Crippen LogP contribution in [0.25, 0.3) is 0 Å². The molecule has 0 aromatic carbocycles. The lowest BCUT2D eigenvalue weighted by molar-refractivity contribution is 0.276. The van der Waals surface area contributed by atoms with Gasteiger partial charge in [-0.05, 0) is 13.1 Å². The zero-order chi connectivity index (χ0) is 5.98. The predicted octanol–water partition coefficient (Wildman–Crippen LogP) is 1.13. The van der Waals surface area contributed by atoms with Gasteiger partial charge in [-0.3, -0.25) is 0 Å². The Balaban J connectivity index is 2.15. The van der Waals surface area contributed by atoms with E-state index < -0.39 is 0 Å². The van der Waals surface area contributed by atoms with Crippen LogP contribution in [0.2, 0.25) is 0 Å². The van der Waals surface area contributed by atoms with E-state index in [1.165, 1.54) is 0 Å². The van der Waals surface area contributed by atoms with E-state index in [1.54, 1.807) is 0 Å². The Hall–Kier alpha value is -0.110. The first-order valence-corrected chi connectivity index (χ1v) is 3.39. The summed E-state index contributed by atoms with van der Waals surface area (Å²) in [6, 6.07) is 0. The third kappa shape index (κ3) is 1.19. The van der Waals surface area contributed by atoms with Crippen LogP contribution in [-0.4, -0.2) is 23.2 Å². The van der Waals surface area contributed by atoms with Crippen molar-refractivity contribution < 1.29 is 0 Å². The number of likely N-dealkylation sites (tertiary alicyclic amines) is 1. The third-order valence-corrected chi connectivity index (χ3v) is 1.58. The first-order chi connectivity index (χ1) is 3.83. The first-order valence-electron chi connectivity index (χ1n) is 2.88. The fourth-order valence-electron chi connectivity index (χ4n) is 0.820. The average Bonchev–Trinajstić information content (AvgIpc) is 1.64. The molecule has 1 aliphatic heterocycles. The minimum atomic E-state index is 0.617. The molecule has 0 aromatic rings. The Kier molecular flexibility index (Phi) is 1.84. The van der Waals surface area contributed by atoms with Crippen molar-refractivity contribution in [1.29, 1.82) is 0 Å². The van der Waals surface area contributed by atoms with E-state index in [1.807, 2.05) is 6.92 Å². The van der Waals surface area contributed by atoms with Crippen molar-refractivity contribution in [3.63, 3.8) is 0 Å². The monoisotopic (exact) mass is 129 g/mol. The summed E-state index contributed by atoms with van der Waals surface area (Å²) >= 11 is 4.26. The summed E-state index contributed by atoms with van der Waals surface area (Å²) in [5.41, 5.74) is 0.